The SMILES string of the molecule is C=CSCCCCCCCCCCN. The Morgan fingerprint density at radius 1 is 0.857 bits per heavy atom. The summed E-state index contributed by atoms with van der Waals surface area (Å²) in [5, 5.41) is 1.94. The van der Waals surface area contributed by atoms with Crippen LogP contribution in [0.15, 0.2) is 12.0 Å². The summed E-state index contributed by atoms with van der Waals surface area (Å²) < 4.78 is 0. The molecule has 0 aromatic heterocycles. The van der Waals surface area contributed by atoms with Crippen LogP contribution < -0.4 is 5.73 Å². The second-order valence-electron chi connectivity index (χ2n) is 3.65. The van der Waals surface area contributed by atoms with Gasteiger partial charge in [-0.3, -0.25) is 0 Å². The van der Waals surface area contributed by atoms with Crippen molar-refractivity contribution >= 4 is 11.8 Å². The first kappa shape index (κ1) is 14.1. The molecule has 0 saturated heterocycles. The summed E-state index contributed by atoms with van der Waals surface area (Å²) in [6, 6.07) is 0. The molecule has 0 fully saturated rings. The van der Waals surface area contributed by atoms with Crippen molar-refractivity contribution in [2.45, 2.75) is 51.4 Å². The van der Waals surface area contributed by atoms with E-state index < -0.39 is 0 Å². The van der Waals surface area contributed by atoms with Gasteiger partial charge in [0.25, 0.3) is 0 Å². The Morgan fingerprint density at radius 3 is 1.86 bits per heavy atom. The predicted molar refractivity (Wildman–Crippen MR) is 68.6 cm³/mol. The largest absolute Gasteiger partial charge is 0.330 e. The summed E-state index contributed by atoms with van der Waals surface area (Å²) in [7, 11) is 0. The van der Waals surface area contributed by atoms with E-state index in [1.54, 1.807) is 0 Å². The molecular weight excluding hydrogens is 190 g/mol. The molecule has 14 heavy (non-hydrogen) atoms. The lowest BCUT2D eigenvalue weighted by atomic mass is 10.1. The summed E-state index contributed by atoms with van der Waals surface area (Å²) >= 11 is 1.83. The van der Waals surface area contributed by atoms with Crippen LogP contribution in [0.25, 0.3) is 0 Å². The molecule has 0 atom stereocenters. The third kappa shape index (κ3) is 12.0. The van der Waals surface area contributed by atoms with Crippen molar-refractivity contribution < 1.29 is 0 Å². The average molecular weight is 215 g/mol. The van der Waals surface area contributed by atoms with Crippen molar-refractivity contribution in [3.05, 3.63) is 12.0 Å². The Labute approximate surface area is 93.5 Å². The van der Waals surface area contributed by atoms with Gasteiger partial charge >= 0.3 is 0 Å². The third-order valence-corrected chi connectivity index (χ3v) is 3.09. The third-order valence-electron chi connectivity index (χ3n) is 2.33. The van der Waals surface area contributed by atoms with Gasteiger partial charge in [-0.2, -0.15) is 0 Å². The molecule has 0 aliphatic carbocycles. The van der Waals surface area contributed by atoms with E-state index in [1.807, 2.05) is 17.2 Å². The fourth-order valence-electron chi connectivity index (χ4n) is 1.47. The minimum absolute atomic E-state index is 0.860. The van der Waals surface area contributed by atoms with Crippen LogP contribution in [0.5, 0.6) is 0 Å². The highest BCUT2D eigenvalue weighted by Gasteiger charge is 1.91. The number of hydrogen-bond acceptors (Lipinski definition) is 2. The van der Waals surface area contributed by atoms with E-state index in [-0.39, 0.29) is 0 Å². The highest BCUT2D eigenvalue weighted by atomic mass is 32.2. The van der Waals surface area contributed by atoms with Crippen LogP contribution in [0.1, 0.15) is 51.4 Å². The molecule has 84 valence electrons. The van der Waals surface area contributed by atoms with Crippen LogP contribution >= 0.6 is 11.8 Å². The van der Waals surface area contributed by atoms with Gasteiger partial charge in [0.2, 0.25) is 0 Å². The van der Waals surface area contributed by atoms with Crippen molar-refractivity contribution in [2.24, 2.45) is 5.73 Å². The first-order valence-corrected chi connectivity index (χ1v) is 6.89. The molecule has 0 aliphatic heterocycles. The molecule has 0 unspecified atom stereocenters. The van der Waals surface area contributed by atoms with E-state index in [2.05, 4.69) is 6.58 Å². The van der Waals surface area contributed by atoms with Crippen molar-refractivity contribution in [2.75, 3.05) is 12.3 Å². The van der Waals surface area contributed by atoms with Gasteiger partial charge in [-0.05, 0) is 30.5 Å². The predicted octanol–water partition coefficient (Wildman–Crippen LogP) is 3.94. The van der Waals surface area contributed by atoms with Gasteiger partial charge in [-0.1, -0.05) is 45.1 Å². The summed E-state index contributed by atoms with van der Waals surface area (Å²) in [6.45, 7) is 4.55. The fraction of sp³-hybridized carbons (Fsp3) is 0.833. The van der Waals surface area contributed by atoms with Crippen LogP contribution in [0.4, 0.5) is 0 Å². The Hall–Kier alpha value is 0.0500. The first-order chi connectivity index (χ1) is 6.91. The maximum Gasteiger partial charge on any atom is -0.00262 e. The molecule has 0 bridgehead atoms. The van der Waals surface area contributed by atoms with E-state index >= 15 is 0 Å². The Balaban J connectivity index is 2.81. The van der Waals surface area contributed by atoms with Crippen LogP contribution in [-0.4, -0.2) is 12.3 Å². The number of hydrogen-bond donors (Lipinski definition) is 1. The van der Waals surface area contributed by atoms with Gasteiger partial charge in [-0.15, -0.1) is 11.8 Å². The standard InChI is InChI=1S/C12H25NS/c1-2-14-12-10-8-6-4-3-5-7-9-11-13/h2H,1,3-13H2. The molecule has 0 saturated carbocycles. The monoisotopic (exact) mass is 215 g/mol. The average Bonchev–Trinajstić information content (AvgIpc) is 2.21. The minimum Gasteiger partial charge on any atom is -0.330 e. The minimum atomic E-state index is 0.860. The van der Waals surface area contributed by atoms with Crippen molar-refractivity contribution in [3.63, 3.8) is 0 Å². The second-order valence-corrected chi connectivity index (χ2v) is 4.73. The van der Waals surface area contributed by atoms with Gasteiger partial charge in [0, 0.05) is 0 Å². The van der Waals surface area contributed by atoms with Gasteiger partial charge < -0.3 is 5.73 Å². The zero-order chi connectivity index (χ0) is 10.5. The van der Waals surface area contributed by atoms with Crippen LogP contribution in [0.3, 0.4) is 0 Å². The van der Waals surface area contributed by atoms with Gasteiger partial charge in [-0.25, -0.2) is 0 Å². The molecule has 0 amide bonds. The zero-order valence-electron chi connectivity index (χ0n) is 9.34. The highest BCUT2D eigenvalue weighted by molar-refractivity contribution is 8.02. The maximum atomic E-state index is 5.43. The van der Waals surface area contributed by atoms with Crippen LogP contribution in [0, 0.1) is 0 Å². The number of thioether (sulfide) groups is 1. The summed E-state index contributed by atoms with van der Waals surface area (Å²) in [6.07, 6.45) is 10.8. The Bertz CT molecular complexity index is 115. The lowest BCUT2D eigenvalue weighted by Gasteiger charge is -2.00. The van der Waals surface area contributed by atoms with E-state index in [1.165, 1.54) is 57.1 Å². The number of nitrogens with two attached hydrogens (primary N) is 1. The topological polar surface area (TPSA) is 26.0 Å². The molecule has 2 heteroatoms. The number of unbranched alkanes of at least 4 members (excludes halogenated alkanes) is 7. The summed E-state index contributed by atoms with van der Waals surface area (Å²) in [4.78, 5) is 0. The Morgan fingerprint density at radius 2 is 1.36 bits per heavy atom. The lowest BCUT2D eigenvalue weighted by Crippen LogP contribution is -1.97. The zero-order valence-corrected chi connectivity index (χ0v) is 10.2. The number of rotatable bonds is 11. The van der Waals surface area contributed by atoms with Crippen LogP contribution in [-0.2, 0) is 0 Å². The summed E-state index contributed by atoms with van der Waals surface area (Å²) in [5.74, 6) is 1.25. The van der Waals surface area contributed by atoms with E-state index in [9.17, 15) is 0 Å². The van der Waals surface area contributed by atoms with E-state index in [0.29, 0.717) is 0 Å². The smallest absolute Gasteiger partial charge is 0.00262 e. The van der Waals surface area contributed by atoms with Gasteiger partial charge in [0.15, 0.2) is 0 Å². The molecule has 2 N–H and O–H groups in total. The maximum absolute atomic E-state index is 5.43. The molecule has 0 radical (unpaired) electrons. The molecule has 0 rings (SSSR count). The summed E-state index contributed by atoms with van der Waals surface area (Å²) in [5.41, 5.74) is 5.43. The van der Waals surface area contributed by atoms with Gasteiger partial charge in [0.1, 0.15) is 0 Å². The van der Waals surface area contributed by atoms with Crippen molar-refractivity contribution in [3.8, 4) is 0 Å². The molecule has 1 nitrogen and oxygen atoms in total. The fourth-order valence-corrected chi connectivity index (χ4v) is 2.01. The van der Waals surface area contributed by atoms with Crippen molar-refractivity contribution in [1.29, 1.82) is 0 Å². The molecule has 0 aromatic carbocycles. The molecule has 0 spiro atoms. The normalized spacial score (nSPS) is 10.4. The van der Waals surface area contributed by atoms with E-state index in [0.717, 1.165) is 6.54 Å². The van der Waals surface area contributed by atoms with Crippen molar-refractivity contribution in [1.82, 2.24) is 0 Å². The molecule has 0 heterocycles. The Kier molecular flexibility index (Phi) is 13.1. The lowest BCUT2D eigenvalue weighted by molar-refractivity contribution is 0.579. The van der Waals surface area contributed by atoms with E-state index in [4.69, 9.17) is 5.73 Å². The second kappa shape index (κ2) is 13.1. The first-order valence-electron chi connectivity index (χ1n) is 5.84. The van der Waals surface area contributed by atoms with Gasteiger partial charge in [0.05, 0.1) is 0 Å². The highest BCUT2D eigenvalue weighted by Crippen LogP contribution is 2.10. The molecule has 0 aromatic rings. The molecular formula is C12H25NS. The quantitative estimate of drug-likeness (QED) is 0.528. The van der Waals surface area contributed by atoms with Crippen LogP contribution in [0.2, 0.25) is 0 Å². The molecule has 0 aliphatic rings.